The van der Waals surface area contributed by atoms with Crippen molar-refractivity contribution in [3.8, 4) is 17.1 Å². The lowest BCUT2D eigenvalue weighted by Gasteiger charge is -2.13. The molecule has 178 valence electrons. The second kappa shape index (κ2) is 9.26. The van der Waals surface area contributed by atoms with E-state index in [2.05, 4.69) is 38.6 Å². The molecular weight excluding hydrogens is 456 g/mol. The Labute approximate surface area is 197 Å². The summed E-state index contributed by atoms with van der Waals surface area (Å²) in [5.74, 6) is 0.927. The number of aromatic amines is 1. The molecule has 10 nitrogen and oxygen atoms in total. The number of hydrogen-bond acceptors (Lipinski definition) is 7. The van der Waals surface area contributed by atoms with Crippen molar-refractivity contribution in [1.82, 2.24) is 24.7 Å². The number of nitrogens with zero attached hydrogens (tertiary/aromatic N) is 4. The van der Waals surface area contributed by atoms with Crippen LogP contribution in [0, 0.1) is 5.92 Å². The van der Waals surface area contributed by atoms with Gasteiger partial charge < -0.3 is 9.72 Å². The standard InChI is InChI=1S/C23H26N6O4S/c1-5-33-19-7-6-16(34(31,32)28-15-8-10-24-11-9-15)13-17(19)22-25-20-18(12-14(2)3)27-29(4)21(20)23(30)26-22/h6-11,13-14H,5,12H2,1-4H3,(H,24,28)(H,25,26,30). The average Bonchev–Trinajstić information content (AvgIpc) is 3.09. The molecule has 11 heteroatoms. The number of pyridine rings is 1. The first-order valence-electron chi connectivity index (χ1n) is 10.9. The number of fused-ring (bicyclic) bond motifs is 1. The number of aryl methyl sites for hydroxylation is 1. The maximum absolute atomic E-state index is 13.0. The number of rotatable bonds is 8. The van der Waals surface area contributed by atoms with Crippen molar-refractivity contribution in [3.63, 3.8) is 0 Å². The molecule has 0 unspecified atom stereocenters. The van der Waals surface area contributed by atoms with E-state index in [0.29, 0.717) is 52.7 Å². The normalized spacial score (nSPS) is 11.8. The van der Waals surface area contributed by atoms with E-state index in [-0.39, 0.29) is 16.3 Å². The van der Waals surface area contributed by atoms with Crippen molar-refractivity contribution in [2.75, 3.05) is 11.3 Å². The molecule has 4 aromatic rings. The molecule has 0 saturated carbocycles. The van der Waals surface area contributed by atoms with Crippen LogP contribution < -0.4 is 15.0 Å². The minimum atomic E-state index is -3.92. The van der Waals surface area contributed by atoms with Crippen LogP contribution in [-0.2, 0) is 23.5 Å². The van der Waals surface area contributed by atoms with E-state index in [4.69, 9.17) is 4.74 Å². The van der Waals surface area contributed by atoms with Gasteiger partial charge in [0.05, 0.1) is 28.4 Å². The minimum Gasteiger partial charge on any atom is -0.493 e. The van der Waals surface area contributed by atoms with Crippen LogP contribution in [0.15, 0.2) is 52.4 Å². The topological polar surface area (TPSA) is 132 Å². The van der Waals surface area contributed by atoms with Crippen molar-refractivity contribution < 1.29 is 13.2 Å². The number of anilines is 1. The van der Waals surface area contributed by atoms with Crippen LogP contribution >= 0.6 is 0 Å². The highest BCUT2D eigenvalue weighted by molar-refractivity contribution is 7.92. The summed E-state index contributed by atoms with van der Waals surface area (Å²) in [5, 5.41) is 4.48. The van der Waals surface area contributed by atoms with E-state index in [1.807, 2.05) is 6.92 Å². The van der Waals surface area contributed by atoms with Gasteiger partial charge in [-0.25, -0.2) is 13.4 Å². The Morgan fingerprint density at radius 2 is 1.91 bits per heavy atom. The van der Waals surface area contributed by atoms with Crippen molar-refractivity contribution in [2.24, 2.45) is 13.0 Å². The monoisotopic (exact) mass is 482 g/mol. The maximum atomic E-state index is 13.0. The molecule has 0 spiro atoms. The molecule has 0 fully saturated rings. The van der Waals surface area contributed by atoms with Crippen LogP contribution in [0.25, 0.3) is 22.4 Å². The molecule has 0 amide bonds. The van der Waals surface area contributed by atoms with Gasteiger partial charge in [-0.2, -0.15) is 5.10 Å². The van der Waals surface area contributed by atoms with Gasteiger partial charge in [-0.3, -0.25) is 19.2 Å². The van der Waals surface area contributed by atoms with Crippen LogP contribution in [0.2, 0.25) is 0 Å². The van der Waals surface area contributed by atoms with E-state index >= 15 is 0 Å². The number of nitrogens with one attached hydrogen (secondary N) is 2. The van der Waals surface area contributed by atoms with E-state index < -0.39 is 10.0 Å². The smallest absolute Gasteiger partial charge is 0.277 e. The molecule has 0 bridgehead atoms. The lowest BCUT2D eigenvalue weighted by atomic mass is 10.1. The van der Waals surface area contributed by atoms with Crippen LogP contribution in [0.1, 0.15) is 26.5 Å². The zero-order valence-electron chi connectivity index (χ0n) is 19.4. The predicted molar refractivity (Wildman–Crippen MR) is 129 cm³/mol. The summed E-state index contributed by atoms with van der Waals surface area (Å²) in [5.41, 5.74) is 1.93. The van der Waals surface area contributed by atoms with Gasteiger partial charge in [0.1, 0.15) is 17.1 Å². The maximum Gasteiger partial charge on any atom is 0.277 e. The second-order valence-electron chi connectivity index (χ2n) is 8.21. The van der Waals surface area contributed by atoms with Crippen molar-refractivity contribution in [2.45, 2.75) is 32.1 Å². The van der Waals surface area contributed by atoms with Crippen molar-refractivity contribution >= 4 is 26.7 Å². The average molecular weight is 483 g/mol. The fourth-order valence-electron chi connectivity index (χ4n) is 3.68. The summed E-state index contributed by atoms with van der Waals surface area (Å²) in [6, 6.07) is 7.56. The second-order valence-corrected chi connectivity index (χ2v) is 9.89. The lowest BCUT2D eigenvalue weighted by molar-refractivity contribution is 0.341. The first kappa shape index (κ1) is 23.4. The zero-order valence-corrected chi connectivity index (χ0v) is 20.2. The quantitative estimate of drug-likeness (QED) is 0.394. The Morgan fingerprint density at radius 3 is 2.59 bits per heavy atom. The zero-order chi connectivity index (χ0) is 24.5. The number of ether oxygens (including phenoxy) is 1. The molecule has 0 aliphatic rings. The van der Waals surface area contributed by atoms with E-state index in [1.165, 1.54) is 29.2 Å². The van der Waals surface area contributed by atoms with Gasteiger partial charge in [0.25, 0.3) is 15.6 Å². The Balaban J connectivity index is 1.87. The minimum absolute atomic E-state index is 0.000832. The first-order chi connectivity index (χ1) is 16.2. The molecule has 0 radical (unpaired) electrons. The van der Waals surface area contributed by atoms with Gasteiger partial charge >= 0.3 is 0 Å². The van der Waals surface area contributed by atoms with Gasteiger partial charge in [0, 0.05) is 19.4 Å². The van der Waals surface area contributed by atoms with Gasteiger partial charge in [-0.05, 0) is 49.6 Å². The fraction of sp³-hybridized carbons (Fsp3) is 0.304. The molecule has 0 atom stereocenters. The number of H-pyrrole nitrogens is 1. The van der Waals surface area contributed by atoms with Crippen LogP contribution in [-0.4, -0.2) is 39.8 Å². The molecule has 0 aliphatic carbocycles. The molecule has 4 rings (SSSR count). The van der Waals surface area contributed by atoms with E-state index in [1.54, 1.807) is 25.2 Å². The number of hydrogen-bond donors (Lipinski definition) is 2. The molecule has 1 aromatic carbocycles. The Kier molecular flexibility index (Phi) is 6.38. The Hall–Kier alpha value is -3.73. The largest absolute Gasteiger partial charge is 0.493 e. The van der Waals surface area contributed by atoms with Crippen molar-refractivity contribution in [3.05, 3.63) is 58.8 Å². The highest BCUT2D eigenvalue weighted by Crippen LogP contribution is 2.31. The van der Waals surface area contributed by atoms with Gasteiger partial charge in [0.2, 0.25) is 0 Å². The van der Waals surface area contributed by atoms with Crippen molar-refractivity contribution in [1.29, 1.82) is 0 Å². The van der Waals surface area contributed by atoms with Gasteiger partial charge in [0.15, 0.2) is 5.52 Å². The predicted octanol–water partition coefficient (Wildman–Crippen LogP) is 3.12. The number of aromatic nitrogens is 5. The third kappa shape index (κ3) is 4.65. The summed E-state index contributed by atoms with van der Waals surface area (Å²) in [6.07, 6.45) is 3.64. The summed E-state index contributed by atoms with van der Waals surface area (Å²) < 4.78 is 35.8. The number of sulfonamides is 1. The summed E-state index contributed by atoms with van der Waals surface area (Å²) in [7, 11) is -2.22. The van der Waals surface area contributed by atoms with Gasteiger partial charge in [-0.1, -0.05) is 13.8 Å². The van der Waals surface area contributed by atoms with Crippen LogP contribution in [0.5, 0.6) is 5.75 Å². The molecule has 0 aliphatic heterocycles. The molecule has 0 saturated heterocycles. The lowest BCUT2D eigenvalue weighted by Crippen LogP contribution is -2.15. The molecule has 3 aromatic heterocycles. The highest BCUT2D eigenvalue weighted by atomic mass is 32.2. The van der Waals surface area contributed by atoms with E-state index in [9.17, 15) is 13.2 Å². The van der Waals surface area contributed by atoms with E-state index in [0.717, 1.165) is 0 Å². The number of benzene rings is 1. The first-order valence-corrected chi connectivity index (χ1v) is 12.3. The Bertz CT molecular complexity index is 1490. The summed E-state index contributed by atoms with van der Waals surface area (Å²) in [6.45, 7) is 6.30. The third-order valence-corrected chi connectivity index (χ3v) is 6.49. The molecule has 34 heavy (non-hydrogen) atoms. The summed E-state index contributed by atoms with van der Waals surface area (Å²) >= 11 is 0. The molecule has 2 N–H and O–H groups in total. The van der Waals surface area contributed by atoms with Crippen LogP contribution in [0.3, 0.4) is 0 Å². The molecular formula is C23H26N6O4S. The SMILES string of the molecule is CCOc1ccc(S(=O)(=O)Nc2ccncc2)cc1-c1nc2c(CC(C)C)nn(C)c2c(=O)[nH]1. The molecule has 3 heterocycles. The van der Waals surface area contributed by atoms with Crippen LogP contribution in [0.4, 0.5) is 5.69 Å². The highest BCUT2D eigenvalue weighted by Gasteiger charge is 2.21. The Morgan fingerprint density at radius 1 is 1.18 bits per heavy atom. The van der Waals surface area contributed by atoms with Gasteiger partial charge in [-0.15, -0.1) is 0 Å². The third-order valence-electron chi connectivity index (χ3n) is 5.11. The summed E-state index contributed by atoms with van der Waals surface area (Å²) in [4.78, 5) is 24.3. The fourth-order valence-corrected chi connectivity index (χ4v) is 4.76.